The fourth-order valence-corrected chi connectivity index (χ4v) is 2.51. The van der Waals surface area contributed by atoms with Gasteiger partial charge in [0.25, 0.3) is 0 Å². The molecule has 21 heavy (non-hydrogen) atoms. The number of para-hydroxylation sites is 2. The van der Waals surface area contributed by atoms with Crippen LogP contribution in [0.5, 0.6) is 0 Å². The van der Waals surface area contributed by atoms with Gasteiger partial charge in [0, 0.05) is 4.90 Å². The molecule has 0 saturated heterocycles. The molecular weight excluding hydrogens is 278 g/mol. The lowest BCUT2D eigenvalue weighted by molar-refractivity contribution is 1.27. The Morgan fingerprint density at radius 3 is 2.62 bits per heavy atom. The zero-order valence-corrected chi connectivity index (χ0v) is 12.3. The summed E-state index contributed by atoms with van der Waals surface area (Å²) in [7, 11) is 0. The molecule has 0 atom stereocenters. The van der Waals surface area contributed by atoms with E-state index in [-0.39, 0.29) is 0 Å². The minimum Gasteiger partial charge on any atom is -0.337 e. The number of nitriles is 1. The second kappa shape index (κ2) is 5.86. The van der Waals surface area contributed by atoms with Crippen LogP contribution in [-0.2, 0) is 0 Å². The number of thioether (sulfide) groups is 1. The molecule has 2 aromatic carbocycles. The van der Waals surface area contributed by atoms with Gasteiger partial charge in [-0.25, -0.2) is 4.98 Å². The van der Waals surface area contributed by atoms with Crippen LogP contribution in [0.4, 0.5) is 0 Å². The average Bonchev–Trinajstić information content (AvgIpc) is 2.97. The maximum absolute atomic E-state index is 9.38. The van der Waals surface area contributed by atoms with Gasteiger partial charge < -0.3 is 4.98 Å². The number of aromatic nitrogens is 2. The maximum Gasteiger partial charge on any atom is 0.149 e. The quantitative estimate of drug-likeness (QED) is 0.576. The second-order valence-corrected chi connectivity index (χ2v) is 5.43. The number of rotatable bonds is 3. The third kappa shape index (κ3) is 2.83. The summed E-state index contributed by atoms with van der Waals surface area (Å²) in [5.41, 5.74) is 3.32. The highest BCUT2D eigenvalue weighted by Crippen LogP contribution is 2.21. The van der Waals surface area contributed by atoms with Gasteiger partial charge in [-0.3, -0.25) is 0 Å². The van der Waals surface area contributed by atoms with E-state index in [4.69, 9.17) is 0 Å². The maximum atomic E-state index is 9.38. The largest absolute Gasteiger partial charge is 0.337 e. The molecule has 0 aliphatic heterocycles. The van der Waals surface area contributed by atoms with Crippen molar-refractivity contribution in [2.45, 2.75) is 4.90 Å². The number of imidazole rings is 1. The van der Waals surface area contributed by atoms with E-state index >= 15 is 0 Å². The molecule has 1 N–H and O–H groups in total. The van der Waals surface area contributed by atoms with E-state index in [1.165, 1.54) is 4.90 Å². The first-order valence-electron chi connectivity index (χ1n) is 6.51. The van der Waals surface area contributed by atoms with Crippen molar-refractivity contribution in [3.63, 3.8) is 0 Å². The summed E-state index contributed by atoms with van der Waals surface area (Å²) in [6.07, 6.45) is 3.89. The van der Waals surface area contributed by atoms with Crippen LogP contribution in [0.1, 0.15) is 11.4 Å². The SMILES string of the molecule is CSc1ccc(/C=C(\C#N)c2nc3ccccc3[nH]2)cc1. The molecule has 3 rings (SSSR count). The fraction of sp³-hybridized carbons (Fsp3) is 0.0588. The lowest BCUT2D eigenvalue weighted by atomic mass is 10.1. The van der Waals surface area contributed by atoms with Gasteiger partial charge >= 0.3 is 0 Å². The van der Waals surface area contributed by atoms with E-state index in [9.17, 15) is 5.26 Å². The number of allylic oxidation sites excluding steroid dienone is 1. The van der Waals surface area contributed by atoms with Crippen molar-refractivity contribution in [3.8, 4) is 6.07 Å². The van der Waals surface area contributed by atoms with Gasteiger partial charge in [0.15, 0.2) is 0 Å². The van der Waals surface area contributed by atoms with Crippen LogP contribution in [0.2, 0.25) is 0 Å². The van der Waals surface area contributed by atoms with Crippen molar-refractivity contribution in [2.75, 3.05) is 6.26 Å². The molecular formula is C17H13N3S. The Kier molecular flexibility index (Phi) is 3.76. The lowest BCUT2D eigenvalue weighted by Gasteiger charge is -1.98. The monoisotopic (exact) mass is 291 g/mol. The normalized spacial score (nSPS) is 11.5. The van der Waals surface area contributed by atoms with Crippen molar-refractivity contribution in [1.29, 1.82) is 5.26 Å². The van der Waals surface area contributed by atoms with Gasteiger partial charge in [-0.2, -0.15) is 5.26 Å². The van der Waals surface area contributed by atoms with Gasteiger partial charge in [0.05, 0.1) is 16.6 Å². The standard InChI is InChI=1S/C17H13N3S/c1-21-14-8-6-12(7-9-14)10-13(11-18)17-19-15-4-2-3-5-16(15)20-17/h2-10H,1H3,(H,19,20)/b13-10+. The summed E-state index contributed by atoms with van der Waals surface area (Å²) in [5, 5.41) is 9.38. The number of nitrogens with one attached hydrogen (secondary N) is 1. The Labute approximate surface area is 127 Å². The first kappa shape index (κ1) is 13.5. The summed E-state index contributed by atoms with van der Waals surface area (Å²) < 4.78 is 0. The third-order valence-corrected chi connectivity index (χ3v) is 3.94. The molecule has 0 aliphatic carbocycles. The number of benzene rings is 2. The highest BCUT2D eigenvalue weighted by molar-refractivity contribution is 7.98. The lowest BCUT2D eigenvalue weighted by Crippen LogP contribution is -1.85. The summed E-state index contributed by atoms with van der Waals surface area (Å²) in [6.45, 7) is 0. The van der Waals surface area contributed by atoms with Crippen LogP contribution >= 0.6 is 11.8 Å². The molecule has 4 heteroatoms. The van der Waals surface area contributed by atoms with Crippen molar-refractivity contribution < 1.29 is 0 Å². The zero-order chi connectivity index (χ0) is 14.7. The molecule has 3 aromatic rings. The van der Waals surface area contributed by atoms with Crippen molar-refractivity contribution >= 4 is 34.4 Å². The number of fused-ring (bicyclic) bond motifs is 1. The first-order valence-corrected chi connectivity index (χ1v) is 7.73. The Balaban J connectivity index is 2.00. The van der Waals surface area contributed by atoms with E-state index < -0.39 is 0 Å². The highest BCUT2D eigenvalue weighted by atomic mass is 32.2. The number of aromatic amines is 1. The molecule has 0 bridgehead atoms. The van der Waals surface area contributed by atoms with Gasteiger partial charge in [0.2, 0.25) is 0 Å². The van der Waals surface area contributed by atoms with Crippen LogP contribution in [0.15, 0.2) is 53.4 Å². The van der Waals surface area contributed by atoms with Crippen LogP contribution in [-0.4, -0.2) is 16.2 Å². The van der Waals surface area contributed by atoms with Crippen LogP contribution in [0.25, 0.3) is 22.7 Å². The molecule has 1 heterocycles. The topological polar surface area (TPSA) is 52.5 Å². The number of hydrogen-bond donors (Lipinski definition) is 1. The molecule has 0 aliphatic rings. The van der Waals surface area contributed by atoms with Crippen LogP contribution in [0.3, 0.4) is 0 Å². The van der Waals surface area contributed by atoms with Crippen molar-refractivity contribution in [1.82, 2.24) is 9.97 Å². The van der Waals surface area contributed by atoms with Crippen LogP contribution in [0, 0.1) is 11.3 Å². The Bertz CT molecular complexity index is 805. The average molecular weight is 291 g/mol. The molecule has 0 amide bonds. The fourth-order valence-electron chi connectivity index (χ4n) is 2.10. The Hall–Kier alpha value is -2.51. The summed E-state index contributed by atoms with van der Waals surface area (Å²) >= 11 is 1.70. The third-order valence-electron chi connectivity index (χ3n) is 3.19. The molecule has 1 aromatic heterocycles. The van der Waals surface area contributed by atoms with E-state index in [1.54, 1.807) is 11.8 Å². The molecule has 0 unspecified atom stereocenters. The first-order chi connectivity index (χ1) is 10.3. The van der Waals surface area contributed by atoms with Crippen molar-refractivity contribution in [3.05, 3.63) is 59.9 Å². The minimum absolute atomic E-state index is 0.531. The van der Waals surface area contributed by atoms with Gasteiger partial charge in [-0.15, -0.1) is 11.8 Å². The Morgan fingerprint density at radius 2 is 1.95 bits per heavy atom. The molecule has 0 radical (unpaired) electrons. The van der Waals surface area contributed by atoms with Crippen LogP contribution < -0.4 is 0 Å². The van der Waals surface area contributed by atoms with E-state index in [0.29, 0.717) is 11.4 Å². The van der Waals surface area contributed by atoms with E-state index in [2.05, 4.69) is 16.0 Å². The predicted octanol–water partition coefficient (Wildman–Crippen LogP) is 4.35. The number of hydrogen-bond acceptors (Lipinski definition) is 3. The van der Waals surface area contributed by atoms with Gasteiger partial charge in [0.1, 0.15) is 11.9 Å². The highest BCUT2D eigenvalue weighted by Gasteiger charge is 2.07. The molecule has 0 spiro atoms. The Morgan fingerprint density at radius 1 is 1.19 bits per heavy atom. The molecule has 0 saturated carbocycles. The zero-order valence-electron chi connectivity index (χ0n) is 11.5. The number of H-pyrrole nitrogens is 1. The van der Waals surface area contributed by atoms with E-state index in [0.717, 1.165) is 16.6 Å². The number of nitrogens with zero attached hydrogens (tertiary/aromatic N) is 2. The van der Waals surface area contributed by atoms with E-state index in [1.807, 2.05) is 60.9 Å². The summed E-state index contributed by atoms with van der Waals surface area (Å²) in [5.74, 6) is 0.604. The predicted molar refractivity (Wildman–Crippen MR) is 87.8 cm³/mol. The molecule has 3 nitrogen and oxygen atoms in total. The summed E-state index contributed by atoms with van der Waals surface area (Å²) in [4.78, 5) is 8.85. The second-order valence-electron chi connectivity index (χ2n) is 4.55. The molecule has 0 fully saturated rings. The minimum atomic E-state index is 0.531. The van der Waals surface area contributed by atoms with Gasteiger partial charge in [-0.05, 0) is 42.2 Å². The summed E-state index contributed by atoms with van der Waals surface area (Å²) in [6, 6.07) is 18.1. The van der Waals surface area contributed by atoms with Crippen molar-refractivity contribution in [2.24, 2.45) is 0 Å². The van der Waals surface area contributed by atoms with Gasteiger partial charge in [-0.1, -0.05) is 24.3 Å². The smallest absolute Gasteiger partial charge is 0.149 e. The molecule has 102 valence electrons.